The molecule has 1 aliphatic carbocycles. The number of hydrogen-bond donors (Lipinski definition) is 0. The van der Waals surface area contributed by atoms with Gasteiger partial charge in [0.2, 0.25) is 0 Å². The normalized spacial score (nSPS) is 13.3. The van der Waals surface area contributed by atoms with Gasteiger partial charge in [0.25, 0.3) is 0 Å². The van der Waals surface area contributed by atoms with Crippen molar-refractivity contribution >= 4 is 10.9 Å². The molecule has 29 heavy (non-hydrogen) atoms. The molecule has 2 aromatic heterocycles. The van der Waals surface area contributed by atoms with E-state index in [1.807, 2.05) is 6.20 Å². The molecule has 4 heteroatoms. The van der Waals surface area contributed by atoms with Crippen molar-refractivity contribution in [3.63, 3.8) is 0 Å². The van der Waals surface area contributed by atoms with Crippen molar-refractivity contribution in [3.8, 4) is 17.1 Å². The fraction of sp³-hybridized carbons (Fsp3) is 0.320. The lowest BCUT2D eigenvalue weighted by Gasteiger charge is -2.20. The SMILES string of the molecule is Cc1cc(C)c(-n2c(-c3ccc4c5c(cnnc35)CCC4)nc(C)c2C)c(C)c1. The second kappa shape index (κ2) is 6.51. The first-order chi connectivity index (χ1) is 14.0. The Morgan fingerprint density at radius 1 is 0.897 bits per heavy atom. The van der Waals surface area contributed by atoms with Gasteiger partial charge in [0.15, 0.2) is 0 Å². The van der Waals surface area contributed by atoms with Gasteiger partial charge in [0.05, 0.1) is 17.6 Å². The number of aromatic nitrogens is 4. The van der Waals surface area contributed by atoms with Gasteiger partial charge in [-0.3, -0.25) is 4.57 Å². The van der Waals surface area contributed by atoms with Gasteiger partial charge in [-0.15, -0.1) is 5.10 Å². The lowest BCUT2D eigenvalue weighted by Crippen LogP contribution is -2.08. The fourth-order valence-corrected chi connectivity index (χ4v) is 4.95. The predicted molar refractivity (Wildman–Crippen MR) is 118 cm³/mol. The molecule has 0 atom stereocenters. The van der Waals surface area contributed by atoms with E-state index < -0.39 is 0 Å². The molecule has 0 aliphatic heterocycles. The summed E-state index contributed by atoms with van der Waals surface area (Å²) in [6.07, 6.45) is 5.30. The smallest absolute Gasteiger partial charge is 0.147 e. The summed E-state index contributed by atoms with van der Waals surface area (Å²) in [6.45, 7) is 10.8. The van der Waals surface area contributed by atoms with Gasteiger partial charge in [-0.05, 0) is 82.2 Å². The molecule has 146 valence electrons. The molecule has 0 saturated carbocycles. The number of aryl methyl sites for hydroxylation is 6. The van der Waals surface area contributed by atoms with E-state index in [2.05, 4.69) is 73.6 Å². The monoisotopic (exact) mass is 382 g/mol. The fourth-order valence-electron chi connectivity index (χ4n) is 4.95. The highest BCUT2D eigenvalue weighted by molar-refractivity contribution is 5.96. The Bertz CT molecular complexity index is 1250. The first kappa shape index (κ1) is 18.0. The highest BCUT2D eigenvalue weighted by atomic mass is 15.1. The van der Waals surface area contributed by atoms with Crippen LogP contribution in [0.4, 0.5) is 0 Å². The number of nitrogens with zero attached hydrogens (tertiary/aromatic N) is 4. The van der Waals surface area contributed by atoms with Crippen molar-refractivity contribution in [3.05, 3.63) is 69.7 Å². The van der Waals surface area contributed by atoms with Gasteiger partial charge in [-0.2, -0.15) is 5.10 Å². The molecule has 0 N–H and O–H groups in total. The Kier molecular flexibility index (Phi) is 4.05. The topological polar surface area (TPSA) is 43.6 Å². The summed E-state index contributed by atoms with van der Waals surface area (Å²) in [5, 5.41) is 10.2. The van der Waals surface area contributed by atoms with E-state index in [0.29, 0.717) is 0 Å². The molecule has 4 nitrogen and oxygen atoms in total. The van der Waals surface area contributed by atoms with Crippen LogP contribution in [0.1, 0.15) is 45.6 Å². The van der Waals surface area contributed by atoms with Crippen LogP contribution in [-0.2, 0) is 12.8 Å². The quantitative estimate of drug-likeness (QED) is 0.459. The molecule has 0 unspecified atom stereocenters. The van der Waals surface area contributed by atoms with Crippen LogP contribution in [0.15, 0.2) is 30.5 Å². The van der Waals surface area contributed by atoms with Gasteiger partial charge >= 0.3 is 0 Å². The molecular weight excluding hydrogens is 356 g/mol. The summed E-state index contributed by atoms with van der Waals surface area (Å²) in [6, 6.07) is 8.95. The molecule has 1 aliphatic rings. The Morgan fingerprint density at radius 3 is 2.38 bits per heavy atom. The zero-order valence-corrected chi connectivity index (χ0v) is 17.8. The van der Waals surface area contributed by atoms with E-state index in [-0.39, 0.29) is 0 Å². The van der Waals surface area contributed by atoms with E-state index >= 15 is 0 Å². The van der Waals surface area contributed by atoms with E-state index in [1.54, 1.807) is 0 Å². The number of rotatable bonds is 2. The van der Waals surface area contributed by atoms with Gasteiger partial charge in [-0.25, -0.2) is 4.98 Å². The summed E-state index contributed by atoms with van der Waals surface area (Å²) < 4.78 is 2.31. The van der Waals surface area contributed by atoms with Gasteiger partial charge in [-0.1, -0.05) is 23.8 Å². The zero-order chi connectivity index (χ0) is 20.3. The summed E-state index contributed by atoms with van der Waals surface area (Å²) in [7, 11) is 0. The molecule has 5 rings (SSSR count). The molecular formula is C25H26N4. The van der Waals surface area contributed by atoms with Crippen LogP contribution in [0.3, 0.4) is 0 Å². The lowest BCUT2D eigenvalue weighted by molar-refractivity contribution is 0.798. The molecule has 0 bridgehead atoms. The Morgan fingerprint density at radius 2 is 1.62 bits per heavy atom. The van der Waals surface area contributed by atoms with Crippen molar-refractivity contribution < 1.29 is 0 Å². The third-order valence-electron chi connectivity index (χ3n) is 6.29. The average molecular weight is 383 g/mol. The minimum atomic E-state index is 0.957. The highest BCUT2D eigenvalue weighted by Crippen LogP contribution is 2.37. The molecule has 0 spiro atoms. The third kappa shape index (κ3) is 2.70. The van der Waals surface area contributed by atoms with Gasteiger partial charge < -0.3 is 0 Å². The van der Waals surface area contributed by atoms with Crippen molar-refractivity contribution in [1.82, 2.24) is 19.7 Å². The first-order valence-electron chi connectivity index (χ1n) is 10.4. The van der Waals surface area contributed by atoms with Gasteiger partial charge in [0, 0.05) is 16.6 Å². The second-order valence-corrected chi connectivity index (χ2v) is 8.41. The first-order valence-corrected chi connectivity index (χ1v) is 10.4. The zero-order valence-electron chi connectivity index (χ0n) is 17.8. The van der Waals surface area contributed by atoms with E-state index in [4.69, 9.17) is 4.98 Å². The van der Waals surface area contributed by atoms with Crippen LogP contribution in [-0.4, -0.2) is 19.7 Å². The van der Waals surface area contributed by atoms with Crippen LogP contribution >= 0.6 is 0 Å². The van der Waals surface area contributed by atoms with Crippen molar-refractivity contribution in [1.29, 1.82) is 0 Å². The van der Waals surface area contributed by atoms with Crippen LogP contribution in [0.25, 0.3) is 28.0 Å². The van der Waals surface area contributed by atoms with Crippen LogP contribution in [0.5, 0.6) is 0 Å². The molecule has 2 heterocycles. The molecule has 0 saturated heterocycles. The van der Waals surface area contributed by atoms with Crippen molar-refractivity contribution in [2.45, 2.75) is 53.9 Å². The standard InChI is InChI=1S/C25H26N4/c1-14-11-15(2)24(16(3)12-14)29-18(5)17(4)27-25(29)21-10-9-19-7-6-8-20-13-26-28-23(21)22(19)20/h9-13H,6-8H2,1-5H3. The third-order valence-corrected chi connectivity index (χ3v) is 6.29. The Hall–Kier alpha value is -3.01. The summed E-state index contributed by atoms with van der Waals surface area (Å²) >= 11 is 0. The second-order valence-electron chi connectivity index (χ2n) is 8.41. The summed E-state index contributed by atoms with van der Waals surface area (Å²) in [5.41, 5.74) is 12.0. The highest BCUT2D eigenvalue weighted by Gasteiger charge is 2.23. The maximum absolute atomic E-state index is 5.01. The van der Waals surface area contributed by atoms with Gasteiger partial charge in [0.1, 0.15) is 11.3 Å². The molecule has 0 radical (unpaired) electrons. The molecule has 0 fully saturated rings. The largest absolute Gasteiger partial charge is 0.296 e. The van der Waals surface area contributed by atoms with E-state index in [1.165, 1.54) is 51.0 Å². The summed E-state index contributed by atoms with van der Waals surface area (Å²) in [5.74, 6) is 0.957. The summed E-state index contributed by atoms with van der Waals surface area (Å²) in [4.78, 5) is 5.01. The van der Waals surface area contributed by atoms with Crippen LogP contribution in [0, 0.1) is 34.6 Å². The predicted octanol–water partition coefficient (Wildman–Crippen LogP) is 5.51. The van der Waals surface area contributed by atoms with Crippen molar-refractivity contribution in [2.75, 3.05) is 0 Å². The average Bonchev–Trinajstić information content (AvgIpc) is 2.97. The van der Waals surface area contributed by atoms with Crippen molar-refractivity contribution in [2.24, 2.45) is 0 Å². The number of imidazole rings is 1. The maximum atomic E-state index is 5.01. The lowest BCUT2D eigenvalue weighted by atomic mass is 9.90. The minimum Gasteiger partial charge on any atom is -0.296 e. The molecule has 2 aromatic carbocycles. The number of benzene rings is 2. The number of hydrogen-bond acceptors (Lipinski definition) is 3. The van der Waals surface area contributed by atoms with E-state index in [9.17, 15) is 0 Å². The van der Waals surface area contributed by atoms with E-state index in [0.717, 1.165) is 35.4 Å². The van der Waals surface area contributed by atoms with Crippen LogP contribution in [0.2, 0.25) is 0 Å². The Balaban J connectivity index is 1.85. The minimum absolute atomic E-state index is 0.957. The molecule has 4 aromatic rings. The molecule has 0 amide bonds. The maximum Gasteiger partial charge on any atom is 0.147 e. The van der Waals surface area contributed by atoms with Crippen LogP contribution < -0.4 is 0 Å². The Labute approximate surface area is 171 Å².